The number of Topliss-reactive ketones (excluding diaryl/α,β-unsaturated/α-hetero) is 1. The Hall–Kier alpha value is -1.37. The number of oxazole rings is 1. The van der Waals surface area contributed by atoms with E-state index in [4.69, 9.17) is 5.73 Å². The lowest BCUT2D eigenvalue weighted by Gasteiger charge is -1.87. The normalized spacial score (nSPS) is 11.5. The first-order valence-corrected chi connectivity index (χ1v) is 5.19. The molecule has 13 heavy (non-hydrogen) atoms. The standard InChI is InChI=1S/C6H8N2O4S/c1-3(9)4-5(7)8-6(12-4)13(2,10)11/h7H2,1-2H3. The van der Waals surface area contributed by atoms with Crippen molar-refractivity contribution >= 4 is 21.4 Å². The second-order valence-electron chi connectivity index (χ2n) is 2.52. The molecular formula is C6H8N2O4S. The second-order valence-corrected chi connectivity index (χ2v) is 4.42. The second kappa shape index (κ2) is 2.84. The van der Waals surface area contributed by atoms with Crippen LogP contribution in [0.3, 0.4) is 0 Å². The molecule has 0 spiro atoms. The van der Waals surface area contributed by atoms with E-state index in [1.54, 1.807) is 0 Å². The molecule has 0 bridgehead atoms. The molecule has 0 saturated carbocycles. The number of aromatic nitrogens is 1. The highest BCUT2D eigenvalue weighted by Crippen LogP contribution is 2.17. The summed E-state index contributed by atoms with van der Waals surface area (Å²) in [5.41, 5.74) is 5.25. The molecule has 0 aliphatic rings. The van der Waals surface area contributed by atoms with Crippen molar-refractivity contribution in [1.29, 1.82) is 0 Å². The molecule has 0 fully saturated rings. The van der Waals surface area contributed by atoms with Crippen molar-refractivity contribution in [2.45, 2.75) is 12.1 Å². The zero-order valence-corrected chi connectivity index (χ0v) is 7.88. The van der Waals surface area contributed by atoms with Gasteiger partial charge in [-0.1, -0.05) is 0 Å². The number of sulfone groups is 1. The number of nitrogen functional groups attached to an aromatic ring is 1. The van der Waals surface area contributed by atoms with Crippen LogP contribution in [0, 0.1) is 0 Å². The third kappa shape index (κ3) is 1.86. The van der Waals surface area contributed by atoms with Gasteiger partial charge < -0.3 is 10.2 Å². The Morgan fingerprint density at radius 1 is 1.54 bits per heavy atom. The average molecular weight is 204 g/mol. The van der Waals surface area contributed by atoms with Crippen LogP contribution in [0.1, 0.15) is 17.5 Å². The SMILES string of the molecule is CC(=O)c1oc(S(C)(=O)=O)nc1N. The predicted octanol–water partition coefficient (Wildman–Crippen LogP) is -0.137. The molecule has 0 saturated heterocycles. The summed E-state index contributed by atoms with van der Waals surface area (Å²) in [6, 6.07) is 0. The monoisotopic (exact) mass is 204 g/mol. The molecule has 0 unspecified atom stereocenters. The summed E-state index contributed by atoms with van der Waals surface area (Å²) >= 11 is 0. The fourth-order valence-corrected chi connectivity index (χ4v) is 1.22. The number of ketones is 1. The van der Waals surface area contributed by atoms with Gasteiger partial charge in [0.05, 0.1) is 0 Å². The Bertz CT molecular complexity index is 445. The van der Waals surface area contributed by atoms with Gasteiger partial charge in [-0.05, 0) is 0 Å². The molecule has 0 aromatic carbocycles. The fraction of sp³-hybridized carbons (Fsp3) is 0.333. The topological polar surface area (TPSA) is 103 Å². The average Bonchev–Trinajstić information content (AvgIpc) is 2.29. The van der Waals surface area contributed by atoms with Gasteiger partial charge in [-0.15, -0.1) is 0 Å². The minimum absolute atomic E-state index is 0.201. The first-order chi connectivity index (χ1) is 5.82. The molecule has 1 heterocycles. The Morgan fingerprint density at radius 3 is 2.31 bits per heavy atom. The van der Waals surface area contributed by atoms with E-state index in [1.165, 1.54) is 6.92 Å². The van der Waals surface area contributed by atoms with Crippen molar-refractivity contribution in [3.8, 4) is 0 Å². The van der Waals surface area contributed by atoms with Gasteiger partial charge >= 0.3 is 5.22 Å². The molecule has 0 amide bonds. The first kappa shape index (κ1) is 9.72. The number of hydrogen-bond donors (Lipinski definition) is 1. The number of nitrogens with two attached hydrogens (primary N) is 1. The molecule has 0 radical (unpaired) electrons. The molecule has 0 atom stereocenters. The summed E-state index contributed by atoms with van der Waals surface area (Å²) in [6.07, 6.45) is 0.919. The van der Waals surface area contributed by atoms with E-state index in [9.17, 15) is 13.2 Å². The number of nitrogens with zero attached hydrogens (tertiary/aromatic N) is 1. The van der Waals surface area contributed by atoms with Gasteiger partial charge in [0.2, 0.25) is 15.6 Å². The highest BCUT2D eigenvalue weighted by Gasteiger charge is 2.20. The van der Waals surface area contributed by atoms with Crippen molar-refractivity contribution in [3.63, 3.8) is 0 Å². The van der Waals surface area contributed by atoms with Crippen LogP contribution >= 0.6 is 0 Å². The number of rotatable bonds is 2. The zero-order chi connectivity index (χ0) is 10.2. The summed E-state index contributed by atoms with van der Waals surface area (Å²) in [5.74, 6) is -0.881. The number of anilines is 1. The van der Waals surface area contributed by atoms with Crippen molar-refractivity contribution in [1.82, 2.24) is 4.98 Å². The van der Waals surface area contributed by atoms with Gasteiger partial charge in [-0.2, -0.15) is 4.98 Å². The lowest BCUT2D eigenvalue weighted by atomic mass is 10.3. The Morgan fingerprint density at radius 2 is 2.08 bits per heavy atom. The molecule has 1 rings (SSSR count). The highest BCUT2D eigenvalue weighted by molar-refractivity contribution is 7.90. The maximum Gasteiger partial charge on any atom is 0.317 e. The van der Waals surface area contributed by atoms with E-state index < -0.39 is 20.8 Å². The van der Waals surface area contributed by atoms with Crippen LogP contribution in [0.5, 0.6) is 0 Å². The summed E-state index contributed by atoms with van der Waals surface area (Å²) in [4.78, 5) is 14.2. The van der Waals surface area contributed by atoms with Crippen LogP contribution in [0.4, 0.5) is 5.82 Å². The van der Waals surface area contributed by atoms with Crippen molar-refractivity contribution in [2.75, 3.05) is 12.0 Å². The maximum atomic E-state index is 10.9. The van der Waals surface area contributed by atoms with E-state index in [2.05, 4.69) is 9.40 Å². The van der Waals surface area contributed by atoms with Gasteiger partial charge in [-0.25, -0.2) is 8.42 Å². The third-order valence-electron chi connectivity index (χ3n) is 1.27. The van der Waals surface area contributed by atoms with Crippen molar-refractivity contribution in [2.24, 2.45) is 0 Å². The fourth-order valence-electron chi connectivity index (χ4n) is 0.722. The van der Waals surface area contributed by atoms with E-state index >= 15 is 0 Å². The molecule has 0 aliphatic carbocycles. The van der Waals surface area contributed by atoms with E-state index in [-0.39, 0.29) is 11.6 Å². The van der Waals surface area contributed by atoms with Gasteiger partial charge in [0.1, 0.15) is 0 Å². The van der Waals surface area contributed by atoms with Crippen LogP contribution in [0.15, 0.2) is 9.64 Å². The molecule has 6 nitrogen and oxygen atoms in total. The summed E-state index contributed by atoms with van der Waals surface area (Å²) in [7, 11) is -3.55. The molecule has 72 valence electrons. The van der Waals surface area contributed by atoms with Gasteiger partial charge in [0.25, 0.3) is 0 Å². The van der Waals surface area contributed by atoms with Crippen LogP contribution < -0.4 is 5.73 Å². The Kier molecular flexibility index (Phi) is 2.12. The zero-order valence-electron chi connectivity index (χ0n) is 7.07. The Labute approximate surface area is 74.7 Å². The summed E-state index contributed by atoms with van der Waals surface area (Å²) in [6.45, 7) is 1.21. The lowest BCUT2D eigenvalue weighted by Crippen LogP contribution is -1.97. The van der Waals surface area contributed by atoms with Crippen LogP contribution in [-0.2, 0) is 9.84 Å². The quantitative estimate of drug-likeness (QED) is 0.672. The maximum absolute atomic E-state index is 10.9. The molecular weight excluding hydrogens is 196 g/mol. The van der Waals surface area contributed by atoms with Crippen molar-refractivity contribution in [3.05, 3.63) is 5.76 Å². The van der Waals surface area contributed by atoms with E-state index in [0.29, 0.717) is 0 Å². The minimum Gasteiger partial charge on any atom is -0.422 e. The summed E-state index contributed by atoms with van der Waals surface area (Å²) < 4.78 is 26.5. The molecule has 2 N–H and O–H groups in total. The molecule has 1 aromatic heterocycles. The number of carbonyl (C=O) groups excluding carboxylic acids is 1. The van der Waals surface area contributed by atoms with E-state index in [0.717, 1.165) is 6.26 Å². The third-order valence-corrected chi connectivity index (χ3v) is 2.08. The Balaban J connectivity index is 3.33. The number of carbonyl (C=O) groups is 1. The van der Waals surface area contributed by atoms with Crippen LogP contribution in [0.25, 0.3) is 0 Å². The molecule has 0 aliphatic heterocycles. The first-order valence-electron chi connectivity index (χ1n) is 3.29. The van der Waals surface area contributed by atoms with Crippen LogP contribution in [-0.4, -0.2) is 25.4 Å². The van der Waals surface area contributed by atoms with Crippen LogP contribution in [0.2, 0.25) is 0 Å². The molecule has 7 heteroatoms. The van der Waals surface area contributed by atoms with Gasteiger partial charge in [-0.3, -0.25) is 4.79 Å². The predicted molar refractivity (Wildman–Crippen MR) is 44.0 cm³/mol. The molecule has 1 aromatic rings. The van der Waals surface area contributed by atoms with Crippen molar-refractivity contribution < 1.29 is 17.6 Å². The van der Waals surface area contributed by atoms with Gasteiger partial charge in [0.15, 0.2) is 11.6 Å². The summed E-state index contributed by atoms with van der Waals surface area (Å²) in [5, 5.41) is -0.532. The highest BCUT2D eigenvalue weighted by atomic mass is 32.2. The smallest absolute Gasteiger partial charge is 0.317 e. The van der Waals surface area contributed by atoms with E-state index in [1.807, 2.05) is 0 Å². The number of hydrogen-bond acceptors (Lipinski definition) is 6. The largest absolute Gasteiger partial charge is 0.422 e. The lowest BCUT2D eigenvalue weighted by molar-refractivity contribution is 0.0983. The van der Waals surface area contributed by atoms with Gasteiger partial charge in [0, 0.05) is 13.2 Å². The minimum atomic E-state index is -3.55.